The van der Waals surface area contributed by atoms with E-state index in [0.29, 0.717) is 5.56 Å². The van der Waals surface area contributed by atoms with E-state index in [0.717, 1.165) is 16.6 Å². The predicted molar refractivity (Wildman–Crippen MR) is 91.2 cm³/mol. The molecule has 0 spiro atoms. The van der Waals surface area contributed by atoms with Gasteiger partial charge in [-0.3, -0.25) is 4.79 Å². The monoisotopic (exact) mass is 411 g/mol. The molecule has 130 valence electrons. The molecule has 2 aromatic carbocycles. The molecule has 7 heteroatoms. The normalized spacial score (nSPS) is 10.6. The molecule has 25 heavy (non-hydrogen) atoms. The number of halogens is 4. The van der Waals surface area contributed by atoms with Gasteiger partial charge >= 0.3 is 6.18 Å². The summed E-state index contributed by atoms with van der Waals surface area (Å²) < 4.78 is 43.7. The van der Waals surface area contributed by atoms with Crippen molar-refractivity contribution in [3.05, 3.63) is 64.1 Å². The number of ether oxygens (including phenoxy) is 1. The summed E-state index contributed by atoms with van der Waals surface area (Å²) in [6.07, 6.45) is -4.41. The van der Waals surface area contributed by atoms with Crippen LogP contribution in [0.15, 0.2) is 53.0 Å². The minimum Gasteiger partial charge on any atom is -0.481 e. The predicted octanol–water partition coefficient (Wildman–Crippen LogP) is 4.28. The smallest absolute Gasteiger partial charge is 0.416 e. The summed E-state index contributed by atoms with van der Waals surface area (Å²) in [5.74, 6) is 5.12. The maximum atomic E-state index is 12.6. The zero-order chi connectivity index (χ0) is 18.3. The van der Waals surface area contributed by atoms with Gasteiger partial charge in [-0.2, -0.15) is 13.2 Å². The van der Waals surface area contributed by atoms with Gasteiger partial charge in [0.2, 0.25) is 0 Å². The van der Waals surface area contributed by atoms with Crippen LogP contribution in [-0.2, 0) is 6.18 Å². The Balaban J connectivity index is 1.79. The highest BCUT2D eigenvalue weighted by molar-refractivity contribution is 9.10. The van der Waals surface area contributed by atoms with E-state index >= 15 is 0 Å². The molecule has 0 saturated carbocycles. The lowest BCUT2D eigenvalue weighted by atomic mass is 10.2. The summed E-state index contributed by atoms with van der Waals surface area (Å²) in [7, 11) is 0. The molecule has 0 bridgehead atoms. The van der Waals surface area contributed by atoms with E-state index in [4.69, 9.17) is 4.74 Å². The lowest BCUT2D eigenvalue weighted by Gasteiger charge is -2.08. The van der Waals surface area contributed by atoms with Crippen LogP contribution in [0.4, 0.5) is 13.2 Å². The molecular formula is C18H13BrF3NO2. The van der Waals surface area contributed by atoms with E-state index in [9.17, 15) is 18.0 Å². The number of alkyl halides is 3. The first-order valence-corrected chi connectivity index (χ1v) is 7.95. The molecule has 0 atom stereocenters. The minimum absolute atomic E-state index is 0.0753. The number of nitrogens with one attached hydrogen (secondary N) is 1. The average Bonchev–Trinajstić information content (AvgIpc) is 2.57. The standard InChI is InChI=1S/C18H13BrF3NO2/c19-15-7-3-5-13(11-15)17(24)23-9-1-2-10-25-16-8-4-6-14(12-16)18(20,21)22/h3-8,11-12H,9-10H2,(H,23,24). The highest BCUT2D eigenvalue weighted by atomic mass is 79.9. The number of hydrogen-bond donors (Lipinski definition) is 1. The molecule has 1 amide bonds. The first-order valence-electron chi connectivity index (χ1n) is 7.16. The summed E-state index contributed by atoms with van der Waals surface area (Å²) in [5.41, 5.74) is -0.282. The molecule has 0 aliphatic carbocycles. The SMILES string of the molecule is O=C(NCC#CCOc1cccc(C(F)(F)F)c1)c1cccc(Br)c1. The third kappa shape index (κ3) is 6.16. The molecule has 0 unspecified atom stereocenters. The van der Waals surface area contributed by atoms with Crippen LogP contribution in [0.5, 0.6) is 5.75 Å². The summed E-state index contributed by atoms with van der Waals surface area (Å²) in [4.78, 5) is 11.8. The fraction of sp³-hybridized carbons (Fsp3) is 0.167. The van der Waals surface area contributed by atoms with E-state index in [1.54, 1.807) is 18.2 Å². The van der Waals surface area contributed by atoms with Gasteiger partial charge in [-0.05, 0) is 36.4 Å². The Morgan fingerprint density at radius 2 is 1.88 bits per heavy atom. The molecule has 1 N–H and O–H groups in total. The van der Waals surface area contributed by atoms with Gasteiger partial charge in [0.05, 0.1) is 12.1 Å². The molecule has 0 radical (unpaired) electrons. The number of amides is 1. The summed E-state index contributed by atoms with van der Waals surface area (Å²) in [5, 5.41) is 2.62. The van der Waals surface area contributed by atoms with Crippen LogP contribution >= 0.6 is 15.9 Å². The van der Waals surface area contributed by atoms with E-state index in [2.05, 4.69) is 33.1 Å². The Morgan fingerprint density at radius 3 is 2.60 bits per heavy atom. The second-order valence-corrected chi connectivity index (χ2v) is 5.78. The van der Waals surface area contributed by atoms with E-state index in [1.165, 1.54) is 12.1 Å². The molecule has 2 rings (SSSR count). The van der Waals surface area contributed by atoms with Gasteiger partial charge in [-0.15, -0.1) is 0 Å². The molecular weight excluding hydrogens is 399 g/mol. The van der Waals surface area contributed by atoms with Gasteiger partial charge in [0, 0.05) is 10.0 Å². The van der Waals surface area contributed by atoms with Crippen LogP contribution in [0.2, 0.25) is 0 Å². The molecule has 0 fully saturated rings. The van der Waals surface area contributed by atoms with Crippen LogP contribution in [-0.4, -0.2) is 19.1 Å². The third-order valence-electron chi connectivity index (χ3n) is 3.02. The molecule has 2 aromatic rings. The Bertz CT molecular complexity index is 810. The average molecular weight is 412 g/mol. The quantitative estimate of drug-likeness (QED) is 0.762. The van der Waals surface area contributed by atoms with Crippen molar-refractivity contribution in [1.29, 1.82) is 0 Å². The Hall–Kier alpha value is -2.46. The van der Waals surface area contributed by atoms with Crippen molar-refractivity contribution in [2.24, 2.45) is 0 Å². The lowest BCUT2D eigenvalue weighted by Crippen LogP contribution is -2.23. The molecule has 0 saturated heterocycles. The molecule has 3 nitrogen and oxygen atoms in total. The van der Waals surface area contributed by atoms with Gasteiger partial charge in [0.15, 0.2) is 0 Å². The first kappa shape index (κ1) is 18.9. The van der Waals surface area contributed by atoms with Crippen LogP contribution in [0.25, 0.3) is 0 Å². The van der Waals surface area contributed by atoms with Crippen molar-refractivity contribution in [3.8, 4) is 17.6 Å². The number of rotatable bonds is 4. The molecule has 0 aromatic heterocycles. The largest absolute Gasteiger partial charge is 0.481 e. The highest BCUT2D eigenvalue weighted by Crippen LogP contribution is 2.31. The first-order chi connectivity index (χ1) is 11.9. The lowest BCUT2D eigenvalue weighted by molar-refractivity contribution is -0.137. The fourth-order valence-corrected chi connectivity index (χ4v) is 2.25. The van der Waals surface area contributed by atoms with Crippen LogP contribution in [0.1, 0.15) is 15.9 Å². The van der Waals surface area contributed by atoms with Crippen molar-refractivity contribution in [2.45, 2.75) is 6.18 Å². The maximum absolute atomic E-state index is 12.6. The topological polar surface area (TPSA) is 38.3 Å². The number of hydrogen-bond acceptors (Lipinski definition) is 2. The number of carbonyl (C=O) groups is 1. The van der Waals surface area contributed by atoms with Crippen molar-refractivity contribution in [1.82, 2.24) is 5.32 Å². The Labute approximate surface area is 151 Å². The Kier molecular flexibility index (Phi) is 6.48. The molecule has 0 aliphatic heterocycles. The Morgan fingerprint density at radius 1 is 1.12 bits per heavy atom. The zero-order valence-corrected chi connectivity index (χ0v) is 14.4. The van der Waals surface area contributed by atoms with E-state index < -0.39 is 11.7 Å². The number of benzene rings is 2. The van der Waals surface area contributed by atoms with Crippen molar-refractivity contribution in [3.63, 3.8) is 0 Å². The van der Waals surface area contributed by atoms with Crippen LogP contribution in [0.3, 0.4) is 0 Å². The van der Waals surface area contributed by atoms with Crippen molar-refractivity contribution < 1.29 is 22.7 Å². The van der Waals surface area contributed by atoms with Gasteiger partial charge in [-0.25, -0.2) is 0 Å². The maximum Gasteiger partial charge on any atom is 0.416 e. The van der Waals surface area contributed by atoms with Crippen molar-refractivity contribution in [2.75, 3.05) is 13.2 Å². The second kappa shape index (κ2) is 8.58. The third-order valence-corrected chi connectivity index (χ3v) is 3.51. The summed E-state index contributed by atoms with van der Waals surface area (Å²) >= 11 is 3.28. The van der Waals surface area contributed by atoms with Gasteiger partial charge in [0.1, 0.15) is 12.4 Å². The van der Waals surface area contributed by atoms with Gasteiger partial charge < -0.3 is 10.1 Å². The van der Waals surface area contributed by atoms with Gasteiger partial charge in [-0.1, -0.05) is 39.9 Å². The number of carbonyl (C=O) groups excluding carboxylic acids is 1. The van der Waals surface area contributed by atoms with Crippen LogP contribution < -0.4 is 10.1 Å². The van der Waals surface area contributed by atoms with Crippen molar-refractivity contribution >= 4 is 21.8 Å². The second-order valence-electron chi connectivity index (χ2n) is 4.86. The van der Waals surface area contributed by atoms with Crippen LogP contribution in [0, 0.1) is 11.8 Å². The molecule has 0 heterocycles. The minimum atomic E-state index is -4.41. The molecule has 0 aliphatic rings. The fourth-order valence-electron chi connectivity index (χ4n) is 1.85. The summed E-state index contributed by atoms with van der Waals surface area (Å²) in [6.45, 7) is 0.0331. The zero-order valence-electron chi connectivity index (χ0n) is 12.9. The van der Waals surface area contributed by atoms with E-state index in [-0.39, 0.29) is 24.8 Å². The highest BCUT2D eigenvalue weighted by Gasteiger charge is 2.30. The van der Waals surface area contributed by atoms with Gasteiger partial charge in [0.25, 0.3) is 5.91 Å². The summed E-state index contributed by atoms with van der Waals surface area (Å²) in [6, 6.07) is 11.5. The van der Waals surface area contributed by atoms with E-state index in [1.807, 2.05) is 6.07 Å².